The van der Waals surface area contributed by atoms with Gasteiger partial charge in [0.2, 0.25) is 0 Å². The fourth-order valence-corrected chi connectivity index (χ4v) is 1.50. The molecule has 1 aromatic carbocycles. The first-order chi connectivity index (χ1) is 8.30. The van der Waals surface area contributed by atoms with Crippen molar-refractivity contribution in [3.05, 3.63) is 35.1 Å². The summed E-state index contributed by atoms with van der Waals surface area (Å²) in [5, 5.41) is 0. The maximum Gasteiger partial charge on any atom is 0.379 e. The number of carbonyl (C=O) groups is 1. The van der Waals surface area contributed by atoms with Crippen molar-refractivity contribution in [3.8, 4) is 0 Å². The standard InChI is InChI=1S/C12H14F3NO2/c1-3-18-11(17)12(14,15)10(16)9-6-8(13)5-4-7(9)2/h4-6,10H,3,16H2,1-2H3/t10-/m0/s1. The van der Waals surface area contributed by atoms with Gasteiger partial charge in [0.1, 0.15) is 11.9 Å². The van der Waals surface area contributed by atoms with Crippen LogP contribution in [0, 0.1) is 12.7 Å². The highest BCUT2D eigenvalue weighted by molar-refractivity contribution is 5.79. The zero-order valence-electron chi connectivity index (χ0n) is 10.0. The lowest BCUT2D eigenvalue weighted by Crippen LogP contribution is -2.42. The van der Waals surface area contributed by atoms with Crippen molar-refractivity contribution in [1.29, 1.82) is 0 Å². The topological polar surface area (TPSA) is 52.3 Å². The molecular weight excluding hydrogens is 247 g/mol. The Hall–Kier alpha value is -1.56. The minimum Gasteiger partial charge on any atom is -0.462 e. The number of hydrogen-bond donors (Lipinski definition) is 1. The molecule has 18 heavy (non-hydrogen) atoms. The summed E-state index contributed by atoms with van der Waals surface area (Å²) in [6, 6.07) is 1.42. The number of rotatable bonds is 4. The third kappa shape index (κ3) is 2.81. The second-order valence-corrected chi connectivity index (χ2v) is 3.82. The molecule has 0 radical (unpaired) electrons. The Kier molecular flexibility index (Phi) is 4.34. The zero-order chi connectivity index (χ0) is 13.9. The quantitative estimate of drug-likeness (QED) is 0.846. The molecule has 2 N–H and O–H groups in total. The van der Waals surface area contributed by atoms with E-state index in [0.29, 0.717) is 5.56 Å². The van der Waals surface area contributed by atoms with E-state index in [-0.39, 0.29) is 12.2 Å². The molecule has 1 atom stereocenters. The Labute approximate surface area is 103 Å². The van der Waals surface area contributed by atoms with Gasteiger partial charge in [-0.3, -0.25) is 0 Å². The Morgan fingerprint density at radius 1 is 1.50 bits per heavy atom. The second-order valence-electron chi connectivity index (χ2n) is 3.82. The number of aryl methyl sites for hydroxylation is 1. The van der Waals surface area contributed by atoms with E-state index in [1.807, 2.05) is 0 Å². The number of alkyl halides is 2. The number of halogens is 3. The van der Waals surface area contributed by atoms with Crippen LogP contribution >= 0.6 is 0 Å². The van der Waals surface area contributed by atoms with E-state index in [1.165, 1.54) is 19.9 Å². The van der Waals surface area contributed by atoms with E-state index < -0.39 is 23.8 Å². The summed E-state index contributed by atoms with van der Waals surface area (Å²) in [4.78, 5) is 11.1. The summed E-state index contributed by atoms with van der Waals surface area (Å²) in [5.41, 5.74) is 5.62. The highest BCUT2D eigenvalue weighted by Gasteiger charge is 2.48. The highest BCUT2D eigenvalue weighted by atomic mass is 19.3. The van der Waals surface area contributed by atoms with Crippen molar-refractivity contribution < 1.29 is 22.7 Å². The Morgan fingerprint density at radius 2 is 2.11 bits per heavy atom. The van der Waals surface area contributed by atoms with E-state index in [1.54, 1.807) is 0 Å². The lowest BCUT2D eigenvalue weighted by atomic mass is 9.97. The van der Waals surface area contributed by atoms with Gasteiger partial charge in [-0.15, -0.1) is 0 Å². The first kappa shape index (κ1) is 14.5. The number of nitrogens with two attached hydrogens (primary N) is 1. The fraction of sp³-hybridized carbons (Fsp3) is 0.417. The van der Waals surface area contributed by atoms with Gasteiger partial charge in [0.15, 0.2) is 0 Å². The lowest BCUT2D eigenvalue weighted by Gasteiger charge is -2.23. The molecule has 0 bridgehead atoms. The number of carbonyl (C=O) groups excluding carboxylic acids is 1. The van der Waals surface area contributed by atoms with Gasteiger partial charge in [0, 0.05) is 0 Å². The highest BCUT2D eigenvalue weighted by Crippen LogP contribution is 2.32. The number of ether oxygens (including phenoxy) is 1. The van der Waals surface area contributed by atoms with Crippen molar-refractivity contribution in [2.24, 2.45) is 5.73 Å². The van der Waals surface area contributed by atoms with Gasteiger partial charge in [-0.05, 0) is 37.1 Å². The molecule has 0 aliphatic rings. The predicted molar refractivity (Wildman–Crippen MR) is 59.6 cm³/mol. The van der Waals surface area contributed by atoms with Crippen LogP contribution in [0.1, 0.15) is 24.1 Å². The van der Waals surface area contributed by atoms with Crippen molar-refractivity contribution in [1.82, 2.24) is 0 Å². The molecule has 0 unspecified atom stereocenters. The van der Waals surface area contributed by atoms with Crippen LogP contribution in [0.3, 0.4) is 0 Å². The van der Waals surface area contributed by atoms with Gasteiger partial charge < -0.3 is 10.5 Å². The molecule has 0 saturated carbocycles. The van der Waals surface area contributed by atoms with Crippen LogP contribution in [0.15, 0.2) is 18.2 Å². The summed E-state index contributed by atoms with van der Waals surface area (Å²) in [5.74, 6) is -6.29. The van der Waals surface area contributed by atoms with Gasteiger partial charge in [-0.25, -0.2) is 9.18 Å². The predicted octanol–water partition coefficient (Wildman–Crippen LogP) is 2.33. The second kappa shape index (κ2) is 5.39. The molecule has 0 fully saturated rings. The van der Waals surface area contributed by atoms with Crippen LogP contribution in [0.25, 0.3) is 0 Å². The lowest BCUT2D eigenvalue weighted by molar-refractivity contribution is -0.174. The summed E-state index contributed by atoms with van der Waals surface area (Å²) in [6.45, 7) is 2.74. The minimum atomic E-state index is -3.89. The van der Waals surface area contributed by atoms with E-state index in [4.69, 9.17) is 5.73 Å². The van der Waals surface area contributed by atoms with Crippen molar-refractivity contribution in [3.63, 3.8) is 0 Å². The monoisotopic (exact) mass is 261 g/mol. The van der Waals surface area contributed by atoms with Crippen LogP contribution in [0.4, 0.5) is 13.2 Å². The van der Waals surface area contributed by atoms with Gasteiger partial charge in [-0.1, -0.05) is 6.07 Å². The number of hydrogen-bond acceptors (Lipinski definition) is 3. The molecule has 0 aromatic heterocycles. The van der Waals surface area contributed by atoms with Gasteiger partial charge >= 0.3 is 11.9 Å². The third-order valence-corrected chi connectivity index (χ3v) is 2.51. The van der Waals surface area contributed by atoms with Crippen LogP contribution in [-0.4, -0.2) is 18.5 Å². The summed E-state index contributed by atoms with van der Waals surface area (Å²) in [7, 11) is 0. The largest absolute Gasteiger partial charge is 0.462 e. The van der Waals surface area contributed by atoms with Crippen LogP contribution in [0.5, 0.6) is 0 Å². The van der Waals surface area contributed by atoms with E-state index in [9.17, 15) is 18.0 Å². The molecule has 1 aromatic rings. The van der Waals surface area contributed by atoms with E-state index >= 15 is 0 Å². The summed E-state index contributed by atoms with van der Waals surface area (Å²) < 4.78 is 44.6. The first-order valence-corrected chi connectivity index (χ1v) is 5.37. The smallest absolute Gasteiger partial charge is 0.379 e. The molecule has 0 aliphatic heterocycles. The normalized spacial score (nSPS) is 13.2. The average molecular weight is 261 g/mol. The molecular formula is C12H14F3NO2. The van der Waals surface area contributed by atoms with Crippen molar-refractivity contribution in [2.45, 2.75) is 25.8 Å². The van der Waals surface area contributed by atoms with Crippen LogP contribution in [0.2, 0.25) is 0 Å². The van der Waals surface area contributed by atoms with Crippen LogP contribution in [-0.2, 0) is 9.53 Å². The number of esters is 1. The maximum absolute atomic E-state index is 13.7. The Morgan fingerprint density at radius 3 is 2.67 bits per heavy atom. The molecule has 6 heteroatoms. The molecule has 0 spiro atoms. The van der Waals surface area contributed by atoms with Crippen molar-refractivity contribution >= 4 is 5.97 Å². The SMILES string of the molecule is CCOC(=O)C(F)(F)[C@@H](N)c1cc(F)ccc1C. The molecule has 0 heterocycles. The zero-order valence-corrected chi connectivity index (χ0v) is 10.0. The number of benzene rings is 1. The first-order valence-electron chi connectivity index (χ1n) is 5.37. The van der Waals surface area contributed by atoms with Gasteiger partial charge in [-0.2, -0.15) is 8.78 Å². The van der Waals surface area contributed by atoms with Gasteiger partial charge in [0.05, 0.1) is 6.61 Å². The average Bonchev–Trinajstić information content (AvgIpc) is 2.31. The molecule has 0 saturated heterocycles. The molecule has 0 aliphatic carbocycles. The Balaban J connectivity index is 3.08. The minimum absolute atomic E-state index is 0.118. The fourth-order valence-electron chi connectivity index (χ4n) is 1.50. The third-order valence-electron chi connectivity index (χ3n) is 2.51. The Bertz CT molecular complexity index is 449. The van der Waals surface area contributed by atoms with E-state index in [0.717, 1.165) is 12.1 Å². The van der Waals surface area contributed by atoms with E-state index in [2.05, 4.69) is 4.74 Å². The summed E-state index contributed by atoms with van der Waals surface area (Å²) in [6.07, 6.45) is 0. The summed E-state index contributed by atoms with van der Waals surface area (Å²) >= 11 is 0. The molecule has 0 amide bonds. The van der Waals surface area contributed by atoms with Crippen LogP contribution < -0.4 is 5.73 Å². The molecule has 100 valence electrons. The molecule has 1 rings (SSSR count). The van der Waals surface area contributed by atoms with Crippen molar-refractivity contribution in [2.75, 3.05) is 6.61 Å². The molecule has 3 nitrogen and oxygen atoms in total. The maximum atomic E-state index is 13.7. The van der Waals surface area contributed by atoms with Gasteiger partial charge in [0.25, 0.3) is 0 Å².